The van der Waals surface area contributed by atoms with Gasteiger partial charge in [0.25, 0.3) is 11.8 Å². The van der Waals surface area contributed by atoms with Crippen LogP contribution in [0.15, 0.2) is 57.7 Å². The van der Waals surface area contributed by atoms with Gasteiger partial charge in [-0.3, -0.25) is 9.59 Å². The number of amides is 2. The molecule has 0 aromatic heterocycles. The molecular formula is C19H18N4O4S. The molecule has 2 atom stereocenters. The first kappa shape index (κ1) is 18.3. The monoisotopic (exact) mass is 398 g/mol. The van der Waals surface area contributed by atoms with Gasteiger partial charge in [0.1, 0.15) is 11.5 Å². The van der Waals surface area contributed by atoms with Crippen LogP contribution in [0.25, 0.3) is 0 Å². The summed E-state index contributed by atoms with van der Waals surface area (Å²) in [6.45, 7) is 0. The molecule has 4 rings (SSSR count). The average Bonchev–Trinajstić information content (AvgIpc) is 3.27. The van der Waals surface area contributed by atoms with Gasteiger partial charge in [0.2, 0.25) is 0 Å². The third-order valence-corrected chi connectivity index (χ3v) is 5.42. The second-order valence-corrected chi connectivity index (χ2v) is 7.10. The molecule has 0 radical (unpaired) electrons. The lowest BCUT2D eigenvalue weighted by Gasteiger charge is -2.21. The number of benzene rings is 2. The molecule has 144 valence electrons. The van der Waals surface area contributed by atoms with Crippen LogP contribution in [0.3, 0.4) is 0 Å². The van der Waals surface area contributed by atoms with Gasteiger partial charge >= 0.3 is 0 Å². The van der Waals surface area contributed by atoms with Crippen LogP contribution in [0.5, 0.6) is 11.5 Å². The fraction of sp³-hybridized carbons (Fsp3) is 0.263. The summed E-state index contributed by atoms with van der Waals surface area (Å²) in [4.78, 5) is 28.2. The number of methoxy groups -OCH3 is 2. The average molecular weight is 398 g/mol. The molecule has 0 unspecified atom stereocenters. The highest BCUT2D eigenvalue weighted by Gasteiger charge is 2.55. The number of imide groups is 1. The molecule has 28 heavy (non-hydrogen) atoms. The van der Waals surface area contributed by atoms with Gasteiger partial charge in [-0.2, -0.15) is 5.11 Å². The van der Waals surface area contributed by atoms with Crippen LogP contribution < -0.4 is 19.4 Å². The van der Waals surface area contributed by atoms with E-state index in [0.29, 0.717) is 22.9 Å². The van der Waals surface area contributed by atoms with E-state index in [0.717, 1.165) is 4.90 Å². The van der Waals surface area contributed by atoms with Crippen LogP contribution in [0.4, 0.5) is 11.4 Å². The van der Waals surface area contributed by atoms with Gasteiger partial charge in [0.05, 0.1) is 25.6 Å². The Morgan fingerprint density at radius 1 is 0.964 bits per heavy atom. The Morgan fingerprint density at radius 3 is 2.32 bits per heavy atom. The molecule has 0 N–H and O–H groups in total. The first-order chi connectivity index (χ1) is 13.6. The van der Waals surface area contributed by atoms with Crippen LogP contribution in [0.1, 0.15) is 0 Å². The zero-order valence-corrected chi connectivity index (χ0v) is 16.3. The standard InChI is InChI=1S/C19H18N4O4S/c1-26-13-7-12(8-14(10-13)27-2)23-17-16(20-21-23)18(24)22(19(17)25)11-5-4-6-15(9-11)28-3/h4-10,16-17H,1-3H3/t16-,17+/m0/s1. The smallest absolute Gasteiger partial charge is 0.263 e. The quantitative estimate of drug-likeness (QED) is 0.569. The van der Waals surface area contributed by atoms with Gasteiger partial charge in [-0.25, -0.2) is 9.91 Å². The summed E-state index contributed by atoms with van der Waals surface area (Å²) in [6.07, 6.45) is 1.94. The molecule has 9 heteroatoms. The Kier molecular flexibility index (Phi) is 4.68. The third kappa shape index (κ3) is 2.88. The van der Waals surface area contributed by atoms with Gasteiger partial charge < -0.3 is 9.47 Å². The van der Waals surface area contributed by atoms with Crippen molar-refractivity contribution in [1.82, 2.24) is 0 Å². The zero-order valence-electron chi connectivity index (χ0n) is 15.5. The van der Waals surface area contributed by atoms with Crippen molar-refractivity contribution >= 4 is 35.0 Å². The van der Waals surface area contributed by atoms with Gasteiger partial charge in [-0.05, 0) is 24.5 Å². The van der Waals surface area contributed by atoms with Crippen molar-refractivity contribution in [2.45, 2.75) is 17.0 Å². The summed E-state index contributed by atoms with van der Waals surface area (Å²) in [5, 5.41) is 9.60. The molecule has 8 nitrogen and oxygen atoms in total. The predicted octanol–water partition coefficient (Wildman–Crippen LogP) is 2.92. The van der Waals surface area contributed by atoms with Crippen LogP contribution >= 0.6 is 11.8 Å². The maximum absolute atomic E-state index is 13.2. The number of carbonyl (C=O) groups is 2. The minimum atomic E-state index is -0.873. The fourth-order valence-corrected chi connectivity index (χ4v) is 3.76. The van der Waals surface area contributed by atoms with E-state index < -0.39 is 12.1 Å². The van der Waals surface area contributed by atoms with E-state index in [-0.39, 0.29) is 11.8 Å². The maximum Gasteiger partial charge on any atom is 0.263 e. The Bertz CT molecular complexity index is 958. The minimum absolute atomic E-state index is 0.361. The summed E-state index contributed by atoms with van der Waals surface area (Å²) in [7, 11) is 3.08. The van der Waals surface area contributed by atoms with Crippen molar-refractivity contribution in [2.24, 2.45) is 10.3 Å². The van der Waals surface area contributed by atoms with Crippen molar-refractivity contribution < 1.29 is 19.1 Å². The zero-order chi connectivity index (χ0) is 19.8. The van der Waals surface area contributed by atoms with E-state index in [1.165, 1.54) is 24.1 Å². The first-order valence-corrected chi connectivity index (χ1v) is 9.75. The molecule has 2 aromatic carbocycles. The largest absolute Gasteiger partial charge is 0.497 e. The van der Waals surface area contributed by atoms with Crippen LogP contribution in [-0.4, -0.2) is 44.4 Å². The van der Waals surface area contributed by atoms with Gasteiger partial charge in [-0.1, -0.05) is 11.3 Å². The molecule has 1 fully saturated rings. The molecular weight excluding hydrogens is 380 g/mol. The Hall–Kier alpha value is -3.07. The molecule has 2 amide bonds. The van der Waals surface area contributed by atoms with E-state index in [4.69, 9.17) is 9.47 Å². The molecule has 0 bridgehead atoms. The van der Waals surface area contributed by atoms with Crippen molar-refractivity contribution in [3.8, 4) is 11.5 Å². The highest BCUT2D eigenvalue weighted by atomic mass is 32.2. The summed E-state index contributed by atoms with van der Waals surface area (Å²) in [5.74, 6) is 0.359. The van der Waals surface area contributed by atoms with Crippen molar-refractivity contribution in [2.75, 3.05) is 30.4 Å². The highest BCUT2D eigenvalue weighted by molar-refractivity contribution is 7.98. The molecule has 2 aliphatic heterocycles. The minimum Gasteiger partial charge on any atom is -0.497 e. The van der Waals surface area contributed by atoms with Crippen LogP contribution in [0.2, 0.25) is 0 Å². The predicted molar refractivity (Wildman–Crippen MR) is 105 cm³/mol. The van der Waals surface area contributed by atoms with E-state index in [1.807, 2.05) is 24.5 Å². The van der Waals surface area contributed by atoms with Gasteiger partial charge in [0, 0.05) is 23.1 Å². The lowest BCUT2D eigenvalue weighted by molar-refractivity contribution is -0.121. The number of carbonyl (C=O) groups excluding carboxylic acids is 2. The first-order valence-electron chi connectivity index (χ1n) is 8.52. The molecule has 2 heterocycles. The van der Waals surface area contributed by atoms with Gasteiger partial charge in [0.15, 0.2) is 12.1 Å². The third-order valence-electron chi connectivity index (χ3n) is 4.69. The molecule has 0 aliphatic carbocycles. The van der Waals surface area contributed by atoms with Crippen molar-refractivity contribution in [1.29, 1.82) is 0 Å². The topological polar surface area (TPSA) is 83.8 Å². The van der Waals surface area contributed by atoms with Crippen molar-refractivity contribution in [3.63, 3.8) is 0 Å². The number of rotatable bonds is 5. The number of thioether (sulfide) groups is 1. The fourth-order valence-electron chi connectivity index (χ4n) is 3.30. The number of hydrogen-bond acceptors (Lipinski definition) is 8. The maximum atomic E-state index is 13.2. The summed E-state index contributed by atoms with van der Waals surface area (Å²) < 4.78 is 10.6. The molecule has 2 aliphatic rings. The molecule has 2 aromatic rings. The van der Waals surface area contributed by atoms with Crippen molar-refractivity contribution in [3.05, 3.63) is 42.5 Å². The summed E-state index contributed by atoms with van der Waals surface area (Å²) in [6, 6.07) is 10.8. The number of anilines is 2. The number of hydrogen-bond donors (Lipinski definition) is 0. The van der Waals surface area contributed by atoms with E-state index in [9.17, 15) is 9.59 Å². The molecule has 0 saturated carbocycles. The van der Waals surface area contributed by atoms with Crippen LogP contribution in [0, 0.1) is 0 Å². The number of fused-ring (bicyclic) bond motifs is 1. The second-order valence-electron chi connectivity index (χ2n) is 6.22. The summed E-state index contributed by atoms with van der Waals surface area (Å²) in [5.41, 5.74) is 1.10. The number of nitrogens with zero attached hydrogens (tertiary/aromatic N) is 4. The highest BCUT2D eigenvalue weighted by Crippen LogP contribution is 2.38. The SMILES string of the molecule is COc1cc(OC)cc(N2N=N[C@@H]3C(=O)N(c4cccc(SC)c4)C(=O)[C@@H]32)c1. The van der Waals surface area contributed by atoms with E-state index in [1.54, 1.807) is 36.0 Å². The number of ether oxygens (including phenoxy) is 2. The normalized spacial score (nSPS) is 20.7. The Balaban J connectivity index is 1.70. The summed E-state index contributed by atoms with van der Waals surface area (Å²) >= 11 is 1.54. The van der Waals surface area contributed by atoms with Gasteiger partial charge in [-0.15, -0.1) is 11.8 Å². The Morgan fingerprint density at radius 2 is 1.68 bits per heavy atom. The van der Waals surface area contributed by atoms with Crippen LogP contribution in [-0.2, 0) is 9.59 Å². The molecule has 0 spiro atoms. The molecule has 1 saturated heterocycles. The lowest BCUT2D eigenvalue weighted by atomic mass is 10.1. The second kappa shape index (κ2) is 7.16. The van der Waals surface area contributed by atoms with E-state index >= 15 is 0 Å². The van der Waals surface area contributed by atoms with E-state index in [2.05, 4.69) is 10.3 Å². The Labute approximate surface area is 166 Å². The lowest BCUT2D eigenvalue weighted by Crippen LogP contribution is -2.39.